The van der Waals surface area contributed by atoms with Gasteiger partial charge in [0, 0.05) is 36.4 Å². The number of carbonyl (C=O) groups is 1. The summed E-state index contributed by atoms with van der Waals surface area (Å²) in [6.45, 7) is 9.75. The molecule has 3 rings (SSSR count). The van der Waals surface area contributed by atoms with Crippen LogP contribution in [0.5, 0.6) is 5.75 Å². The number of Topliss-reactive ketones (excluding diaryl/α,β-unsaturated/α-hetero) is 1. The van der Waals surface area contributed by atoms with E-state index in [1.807, 2.05) is 43.8 Å². The summed E-state index contributed by atoms with van der Waals surface area (Å²) >= 11 is 6.32. The number of rotatable bonds is 9. The van der Waals surface area contributed by atoms with Crippen molar-refractivity contribution in [2.75, 3.05) is 6.61 Å². The number of imidazole rings is 1. The summed E-state index contributed by atoms with van der Waals surface area (Å²) in [5.41, 5.74) is 6.53. The molecule has 0 aliphatic rings. The molecule has 0 amide bonds. The standard InChI is InChI=1S/C28H36ClN3O4/c1-17(2)36-24-12-9-19(15-22(24)29)25(34)21(13-14-33)28(30,35)20-10-7-18(8-11-20)23-16-32(6)26(31-23)27(3,4)5/h7-12,15-17,21,33,35H,13-14,30H2,1-6H3. The highest BCUT2D eigenvalue weighted by Gasteiger charge is 2.40. The van der Waals surface area contributed by atoms with Crippen molar-refractivity contribution in [2.45, 2.75) is 58.3 Å². The Kier molecular flexibility index (Phi) is 8.30. The fourth-order valence-electron chi connectivity index (χ4n) is 4.30. The van der Waals surface area contributed by atoms with Crippen LogP contribution in [-0.2, 0) is 18.2 Å². The van der Waals surface area contributed by atoms with Crippen LogP contribution in [0.15, 0.2) is 48.7 Å². The van der Waals surface area contributed by atoms with Crippen LogP contribution in [0.1, 0.15) is 62.8 Å². The lowest BCUT2D eigenvalue weighted by Crippen LogP contribution is -2.48. The monoisotopic (exact) mass is 513 g/mol. The Hall–Kier alpha value is -2.71. The Labute approximate surface area is 217 Å². The first kappa shape index (κ1) is 27.9. The van der Waals surface area contributed by atoms with Gasteiger partial charge in [0.15, 0.2) is 5.78 Å². The number of aliphatic hydroxyl groups is 2. The van der Waals surface area contributed by atoms with Crippen molar-refractivity contribution in [3.63, 3.8) is 0 Å². The maximum Gasteiger partial charge on any atom is 0.170 e. The van der Waals surface area contributed by atoms with Gasteiger partial charge in [0.05, 0.1) is 22.7 Å². The molecule has 0 fully saturated rings. The minimum atomic E-state index is -2.02. The molecular weight excluding hydrogens is 478 g/mol. The smallest absolute Gasteiger partial charge is 0.170 e. The van der Waals surface area contributed by atoms with Crippen molar-refractivity contribution >= 4 is 17.4 Å². The highest BCUT2D eigenvalue weighted by molar-refractivity contribution is 6.32. The lowest BCUT2D eigenvalue weighted by molar-refractivity contribution is -0.0178. The molecule has 8 heteroatoms. The van der Waals surface area contributed by atoms with Crippen molar-refractivity contribution in [1.29, 1.82) is 0 Å². The maximum atomic E-state index is 13.4. The summed E-state index contributed by atoms with van der Waals surface area (Å²) in [5.74, 6) is -0.0991. The third kappa shape index (κ3) is 5.98. The Bertz CT molecular complexity index is 1210. The van der Waals surface area contributed by atoms with Gasteiger partial charge in [0.2, 0.25) is 0 Å². The molecule has 0 spiro atoms. The first-order chi connectivity index (χ1) is 16.8. The predicted octanol–water partition coefficient (Wildman–Crippen LogP) is 4.81. The number of hydrogen-bond acceptors (Lipinski definition) is 6. The lowest BCUT2D eigenvalue weighted by Gasteiger charge is -2.32. The zero-order valence-electron chi connectivity index (χ0n) is 21.7. The fraction of sp³-hybridized carbons (Fsp3) is 0.429. The van der Waals surface area contributed by atoms with Crippen LogP contribution >= 0.6 is 11.6 Å². The van der Waals surface area contributed by atoms with E-state index >= 15 is 0 Å². The third-order valence-corrected chi connectivity index (χ3v) is 6.33. The molecule has 0 saturated heterocycles. The number of carbonyl (C=O) groups excluding carboxylic acids is 1. The minimum absolute atomic E-state index is 0.0232. The summed E-state index contributed by atoms with van der Waals surface area (Å²) in [4.78, 5) is 18.2. The fourth-order valence-corrected chi connectivity index (χ4v) is 4.52. The number of ketones is 1. The summed E-state index contributed by atoms with van der Waals surface area (Å²) in [5, 5.41) is 21.3. The van der Waals surface area contributed by atoms with E-state index in [-0.39, 0.29) is 35.1 Å². The van der Waals surface area contributed by atoms with Gasteiger partial charge < -0.3 is 19.5 Å². The number of halogens is 1. The number of nitrogens with two attached hydrogens (primary N) is 1. The van der Waals surface area contributed by atoms with Crippen molar-refractivity contribution in [1.82, 2.24) is 9.55 Å². The van der Waals surface area contributed by atoms with Crippen LogP contribution in [0.25, 0.3) is 11.3 Å². The van der Waals surface area contributed by atoms with Crippen LogP contribution in [0.2, 0.25) is 5.02 Å². The molecular formula is C28H36ClN3O4. The average molecular weight is 514 g/mol. The number of aliphatic hydroxyl groups excluding tert-OH is 1. The number of aromatic nitrogens is 2. The van der Waals surface area contributed by atoms with E-state index in [2.05, 4.69) is 20.8 Å². The number of aryl methyl sites for hydroxylation is 1. The van der Waals surface area contributed by atoms with Gasteiger partial charge in [-0.1, -0.05) is 56.6 Å². The van der Waals surface area contributed by atoms with Crippen molar-refractivity contribution < 1.29 is 19.7 Å². The quantitative estimate of drug-likeness (QED) is 0.280. The Morgan fingerprint density at radius 2 is 1.81 bits per heavy atom. The van der Waals surface area contributed by atoms with E-state index in [9.17, 15) is 15.0 Å². The Morgan fingerprint density at radius 1 is 1.17 bits per heavy atom. The molecule has 0 aliphatic carbocycles. The van der Waals surface area contributed by atoms with E-state index in [1.165, 1.54) is 6.07 Å². The lowest BCUT2D eigenvalue weighted by atomic mass is 9.81. The van der Waals surface area contributed by atoms with Crippen LogP contribution in [0.4, 0.5) is 0 Å². The molecule has 0 radical (unpaired) electrons. The SMILES string of the molecule is CC(C)Oc1ccc(C(=O)C(CCO)C(N)(O)c2ccc(-c3cn(C)c(C(C)(C)C)n3)cc2)cc1Cl. The van der Waals surface area contributed by atoms with Gasteiger partial charge in [-0.3, -0.25) is 10.5 Å². The van der Waals surface area contributed by atoms with E-state index in [4.69, 9.17) is 27.1 Å². The van der Waals surface area contributed by atoms with E-state index in [0.717, 1.165) is 17.1 Å². The van der Waals surface area contributed by atoms with Crippen LogP contribution in [-0.4, -0.2) is 38.3 Å². The normalized spacial score (nSPS) is 14.5. The molecule has 0 bridgehead atoms. The van der Waals surface area contributed by atoms with E-state index < -0.39 is 17.4 Å². The topological polar surface area (TPSA) is 111 Å². The molecule has 194 valence electrons. The number of ether oxygens (including phenoxy) is 1. The van der Waals surface area contributed by atoms with E-state index in [0.29, 0.717) is 11.3 Å². The highest BCUT2D eigenvalue weighted by atomic mass is 35.5. The predicted molar refractivity (Wildman–Crippen MR) is 142 cm³/mol. The van der Waals surface area contributed by atoms with E-state index in [1.54, 1.807) is 24.3 Å². The average Bonchev–Trinajstić information content (AvgIpc) is 3.20. The van der Waals surface area contributed by atoms with Crippen LogP contribution in [0, 0.1) is 5.92 Å². The number of nitrogens with zero attached hydrogens (tertiary/aromatic N) is 2. The molecule has 7 nitrogen and oxygen atoms in total. The molecule has 1 heterocycles. The molecule has 2 unspecified atom stereocenters. The minimum Gasteiger partial charge on any atom is -0.489 e. The number of benzene rings is 2. The van der Waals surface area contributed by atoms with Gasteiger partial charge in [0.25, 0.3) is 0 Å². The summed E-state index contributed by atoms with van der Waals surface area (Å²) in [6.07, 6.45) is 1.86. The molecule has 2 aromatic carbocycles. The highest BCUT2D eigenvalue weighted by Crippen LogP contribution is 2.34. The molecule has 2 atom stereocenters. The van der Waals surface area contributed by atoms with Crippen LogP contribution < -0.4 is 10.5 Å². The second kappa shape index (κ2) is 10.7. The molecule has 0 aliphatic heterocycles. The first-order valence-electron chi connectivity index (χ1n) is 12.0. The summed E-state index contributed by atoms with van der Waals surface area (Å²) in [7, 11) is 1.96. The summed E-state index contributed by atoms with van der Waals surface area (Å²) < 4.78 is 7.64. The molecule has 0 saturated carbocycles. The maximum absolute atomic E-state index is 13.4. The molecule has 3 aromatic rings. The van der Waals surface area contributed by atoms with Crippen molar-refractivity contribution in [3.8, 4) is 17.0 Å². The van der Waals surface area contributed by atoms with Gasteiger partial charge in [-0.25, -0.2) is 4.98 Å². The first-order valence-corrected chi connectivity index (χ1v) is 12.4. The van der Waals surface area contributed by atoms with Gasteiger partial charge in [-0.05, 0) is 44.0 Å². The Morgan fingerprint density at radius 3 is 2.31 bits per heavy atom. The van der Waals surface area contributed by atoms with Crippen molar-refractivity contribution in [3.05, 3.63) is 70.6 Å². The largest absolute Gasteiger partial charge is 0.489 e. The van der Waals surface area contributed by atoms with Crippen LogP contribution in [0.3, 0.4) is 0 Å². The van der Waals surface area contributed by atoms with Gasteiger partial charge in [0.1, 0.15) is 17.3 Å². The van der Waals surface area contributed by atoms with Gasteiger partial charge >= 0.3 is 0 Å². The number of hydrogen-bond donors (Lipinski definition) is 3. The van der Waals surface area contributed by atoms with Crippen molar-refractivity contribution in [2.24, 2.45) is 18.7 Å². The third-order valence-electron chi connectivity index (χ3n) is 6.03. The zero-order chi connectivity index (χ0) is 26.8. The second-order valence-corrected chi connectivity index (χ2v) is 10.9. The van der Waals surface area contributed by atoms with Gasteiger partial charge in [-0.2, -0.15) is 0 Å². The second-order valence-electron chi connectivity index (χ2n) is 10.5. The molecule has 1 aromatic heterocycles. The zero-order valence-corrected chi connectivity index (χ0v) is 22.5. The van der Waals surface area contributed by atoms with Gasteiger partial charge in [-0.15, -0.1) is 0 Å². The Balaban J connectivity index is 1.90. The molecule has 4 N–H and O–H groups in total. The summed E-state index contributed by atoms with van der Waals surface area (Å²) in [6, 6.07) is 11.7. The molecule has 36 heavy (non-hydrogen) atoms.